The van der Waals surface area contributed by atoms with Gasteiger partial charge < -0.3 is 10.1 Å². The Hall–Kier alpha value is -2.93. The predicted octanol–water partition coefficient (Wildman–Crippen LogP) is 4.45. The average molecular weight is 424 g/mol. The van der Waals surface area contributed by atoms with Crippen molar-refractivity contribution in [2.45, 2.75) is 38.6 Å². The van der Waals surface area contributed by atoms with Crippen LogP contribution in [-0.4, -0.2) is 34.3 Å². The lowest BCUT2D eigenvalue weighted by Gasteiger charge is -2.29. The molecule has 7 heteroatoms. The zero-order valence-electron chi connectivity index (χ0n) is 16.9. The molecule has 4 rings (SSSR count). The van der Waals surface area contributed by atoms with E-state index in [2.05, 4.69) is 17.3 Å². The topological polar surface area (TPSA) is 73.2 Å². The summed E-state index contributed by atoms with van der Waals surface area (Å²) in [6.45, 7) is 1.86. The molecule has 6 nitrogen and oxygen atoms in total. The van der Waals surface area contributed by atoms with E-state index in [0.29, 0.717) is 17.3 Å². The van der Waals surface area contributed by atoms with Crippen LogP contribution in [0.25, 0.3) is 16.3 Å². The number of aromatic nitrogens is 2. The van der Waals surface area contributed by atoms with Gasteiger partial charge in [0, 0.05) is 12.1 Å². The molecule has 1 aromatic carbocycles. The second kappa shape index (κ2) is 9.26. The molecule has 2 atom stereocenters. The Morgan fingerprint density at radius 3 is 2.70 bits per heavy atom. The number of thiophene rings is 1. The summed E-state index contributed by atoms with van der Waals surface area (Å²) >= 11 is 1.55. The summed E-state index contributed by atoms with van der Waals surface area (Å²) < 4.78 is 6.92. The summed E-state index contributed by atoms with van der Waals surface area (Å²) in [5.41, 5.74) is 1.75. The van der Waals surface area contributed by atoms with Crippen LogP contribution in [0.1, 0.15) is 43.1 Å². The van der Waals surface area contributed by atoms with Crippen LogP contribution in [0.3, 0.4) is 0 Å². The van der Waals surface area contributed by atoms with Crippen LogP contribution in [0.4, 0.5) is 0 Å². The van der Waals surface area contributed by atoms with Crippen LogP contribution in [0.15, 0.2) is 53.9 Å². The van der Waals surface area contributed by atoms with Gasteiger partial charge in [0.25, 0.3) is 5.91 Å². The van der Waals surface area contributed by atoms with Crippen LogP contribution < -0.4 is 5.32 Å². The second-order valence-electron chi connectivity index (χ2n) is 7.65. The molecule has 1 saturated carbocycles. The second-order valence-corrected chi connectivity index (χ2v) is 8.60. The largest absolute Gasteiger partial charge is 0.451 e. The Bertz CT molecular complexity index is 998. The minimum absolute atomic E-state index is 0.158. The molecule has 1 N–H and O–H groups in total. The zero-order valence-corrected chi connectivity index (χ0v) is 17.7. The Balaban J connectivity index is 1.48. The van der Waals surface area contributed by atoms with E-state index < -0.39 is 5.97 Å². The number of benzene rings is 1. The van der Waals surface area contributed by atoms with Crippen LogP contribution in [0.2, 0.25) is 0 Å². The first-order chi connectivity index (χ1) is 14.6. The molecule has 1 amide bonds. The molecule has 2 heterocycles. The molecular formula is C23H25N3O3S. The standard InChI is InChI=1S/C23H25N3O3S/c1-16-8-5-6-11-18(16)24-22(27)15-29-23(28)20-14-19(21-12-7-13-30-21)25-26(20)17-9-3-2-4-10-17/h2-4,7,9-10,12-14,16,18H,5-6,8,11,15H2,1H3,(H,24,27)/t16-,18+/m0/s1. The number of para-hydroxylation sites is 1. The molecule has 1 aliphatic rings. The van der Waals surface area contributed by atoms with E-state index in [0.717, 1.165) is 29.8 Å². The van der Waals surface area contributed by atoms with Gasteiger partial charge in [-0.15, -0.1) is 11.3 Å². The number of hydrogen-bond donors (Lipinski definition) is 1. The maximum Gasteiger partial charge on any atom is 0.357 e. The van der Waals surface area contributed by atoms with Crippen molar-refractivity contribution in [3.8, 4) is 16.3 Å². The van der Waals surface area contributed by atoms with E-state index in [9.17, 15) is 9.59 Å². The van der Waals surface area contributed by atoms with Crippen LogP contribution in [-0.2, 0) is 9.53 Å². The van der Waals surface area contributed by atoms with Crippen molar-refractivity contribution in [1.82, 2.24) is 15.1 Å². The molecule has 1 aliphatic carbocycles. The third-order valence-electron chi connectivity index (χ3n) is 5.49. The van der Waals surface area contributed by atoms with E-state index in [-0.39, 0.29) is 18.6 Å². The molecule has 0 saturated heterocycles. The van der Waals surface area contributed by atoms with Gasteiger partial charge in [-0.25, -0.2) is 9.48 Å². The highest BCUT2D eigenvalue weighted by Crippen LogP contribution is 2.26. The number of nitrogens with one attached hydrogen (secondary N) is 1. The molecule has 30 heavy (non-hydrogen) atoms. The van der Waals surface area contributed by atoms with E-state index in [1.54, 1.807) is 22.1 Å². The maximum absolute atomic E-state index is 12.8. The first-order valence-corrected chi connectivity index (χ1v) is 11.2. The van der Waals surface area contributed by atoms with Gasteiger partial charge in [0.2, 0.25) is 0 Å². The van der Waals surface area contributed by atoms with Crippen molar-refractivity contribution in [2.24, 2.45) is 5.92 Å². The number of nitrogens with zero attached hydrogens (tertiary/aromatic N) is 2. The molecule has 0 bridgehead atoms. The number of ether oxygens (including phenoxy) is 1. The first kappa shape index (κ1) is 20.3. The first-order valence-electron chi connectivity index (χ1n) is 10.3. The Labute approximate surface area is 179 Å². The van der Waals surface area contributed by atoms with Crippen molar-refractivity contribution >= 4 is 23.2 Å². The van der Waals surface area contributed by atoms with Crippen LogP contribution in [0.5, 0.6) is 0 Å². The molecule has 156 valence electrons. The molecule has 0 radical (unpaired) electrons. The Kier molecular flexibility index (Phi) is 6.28. The van der Waals surface area contributed by atoms with Gasteiger partial charge in [-0.05, 0) is 42.3 Å². The van der Waals surface area contributed by atoms with Crippen LogP contribution >= 0.6 is 11.3 Å². The third kappa shape index (κ3) is 4.62. The summed E-state index contributed by atoms with van der Waals surface area (Å²) in [6.07, 6.45) is 4.42. The number of carbonyl (C=O) groups excluding carboxylic acids is 2. The van der Waals surface area contributed by atoms with Crippen molar-refractivity contribution in [1.29, 1.82) is 0 Å². The summed E-state index contributed by atoms with van der Waals surface area (Å²) in [5, 5.41) is 9.58. The summed E-state index contributed by atoms with van der Waals surface area (Å²) in [6, 6.07) is 15.2. The fraction of sp³-hybridized carbons (Fsp3) is 0.348. The Morgan fingerprint density at radius 1 is 1.17 bits per heavy atom. The molecule has 3 aromatic rings. The normalized spacial score (nSPS) is 18.7. The molecule has 0 spiro atoms. The lowest BCUT2D eigenvalue weighted by atomic mass is 9.86. The number of rotatable bonds is 6. The fourth-order valence-corrected chi connectivity index (χ4v) is 4.50. The van der Waals surface area contributed by atoms with Gasteiger partial charge in [0.05, 0.1) is 10.6 Å². The van der Waals surface area contributed by atoms with Crippen molar-refractivity contribution in [3.63, 3.8) is 0 Å². The number of carbonyl (C=O) groups is 2. The van der Waals surface area contributed by atoms with Crippen molar-refractivity contribution in [2.75, 3.05) is 6.61 Å². The minimum atomic E-state index is -0.569. The number of hydrogen-bond acceptors (Lipinski definition) is 5. The molecule has 2 aromatic heterocycles. The highest BCUT2D eigenvalue weighted by atomic mass is 32.1. The van der Waals surface area contributed by atoms with E-state index >= 15 is 0 Å². The molecule has 0 unspecified atom stereocenters. The molecule has 0 aliphatic heterocycles. The van der Waals surface area contributed by atoms with E-state index in [4.69, 9.17) is 4.74 Å². The van der Waals surface area contributed by atoms with Crippen molar-refractivity contribution in [3.05, 3.63) is 59.6 Å². The molecular weight excluding hydrogens is 398 g/mol. The maximum atomic E-state index is 12.8. The van der Waals surface area contributed by atoms with Gasteiger partial charge in [-0.3, -0.25) is 4.79 Å². The number of amides is 1. The lowest BCUT2D eigenvalue weighted by molar-refractivity contribution is -0.125. The predicted molar refractivity (Wildman–Crippen MR) is 117 cm³/mol. The van der Waals surface area contributed by atoms with Crippen molar-refractivity contribution < 1.29 is 14.3 Å². The highest BCUT2D eigenvalue weighted by molar-refractivity contribution is 7.13. The third-order valence-corrected chi connectivity index (χ3v) is 6.38. The van der Waals surface area contributed by atoms with Gasteiger partial charge >= 0.3 is 5.97 Å². The van der Waals surface area contributed by atoms with Gasteiger partial charge in [0.15, 0.2) is 12.3 Å². The summed E-state index contributed by atoms with van der Waals surface area (Å²) in [4.78, 5) is 26.1. The van der Waals surface area contributed by atoms with Crippen LogP contribution in [0, 0.1) is 5.92 Å². The van der Waals surface area contributed by atoms with E-state index in [1.165, 1.54) is 6.42 Å². The summed E-state index contributed by atoms with van der Waals surface area (Å²) in [5.74, 6) is -0.376. The SMILES string of the molecule is C[C@H]1CCCC[C@H]1NC(=O)COC(=O)c1cc(-c2cccs2)nn1-c1ccccc1. The lowest BCUT2D eigenvalue weighted by Crippen LogP contribution is -2.42. The zero-order chi connectivity index (χ0) is 20.9. The Morgan fingerprint density at radius 2 is 1.97 bits per heavy atom. The van der Waals surface area contributed by atoms with E-state index in [1.807, 2.05) is 47.8 Å². The quantitative estimate of drug-likeness (QED) is 0.595. The summed E-state index contributed by atoms with van der Waals surface area (Å²) in [7, 11) is 0. The smallest absolute Gasteiger partial charge is 0.357 e. The highest BCUT2D eigenvalue weighted by Gasteiger charge is 2.24. The van der Waals surface area contributed by atoms with Gasteiger partial charge in [-0.2, -0.15) is 5.10 Å². The molecule has 1 fully saturated rings. The number of esters is 1. The van der Waals surface area contributed by atoms with Gasteiger partial charge in [0.1, 0.15) is 5.69 Å². The fourth-order valence-electron chi connectivity index (χ4n) is 3.82. The van der Waals surface area contributed by atoms with Gasteiger partial charge in [-0.1, -0.05) is 44.0 Å². The average Bonchev–Trinajstić information content (AvgIpc) is 3.44. The minimum Gasteiger partial charge on any atom is -0.451 e. The monoisotopic (exact) mass is 423 g/mol.